The normalized spacial score (nSPS) is 21.4. The highest BCUT2D eigenvalue weighted by Crippen LogP contribution is 2.36. The first-order chi connectivity index (χ1) is 7.47. The van der Waals surface area contributed by atoms with Crippen molar-refractivity contribution in [1.82, 2.24) is 0 Å². The smallest absolute Gasteiger partial charge is 0.374 e. The molecule has 0 bridgehead atoms. The number of alkyl halides is 3. The van der Waals surface area contributed by atoms with Gasteiger partial charge in [0, 0.05) is 11.6 Å². The second-order valence-corrected chi connectivity index (χ2v) is 4.21. The number of halogens is 4. The summed E-state index contributed by atoms with van der Waals surface area (Å²) in [6.07, 6.45) is -2.99. The van der Waals surface area contributed by atoms with Gasteiger partial charge in [-0.25, -0.2) is 0 Å². The van der Waals surface area contributed by atoms with Crippen LogP contribution in [0, 0.1) is 0 Å². The molecule has 0 spiro atoms. The lowest BCUT2D eigenvalue weighted by Crippen LogP contribution is -2.07. The Morgan fingerprint density at radius 1 is 1.25 bits per heavy atom. The molecule has 1 aromatic carbocycles. The van der Waals surface area contributed by atoms with E-state index < -0.39 is 11.7 Å². The molecule has 2 rings (SSSR count). The van der Waals surface area contributed by atoms with Gasteiger partial charge in [-0.05, 0) is 36.6 Å². The number of benzene rings is 1. The lowest BCUT2D eigenvalue weighted by molar-refractivity contribution is -0.137. The molecule has 1 unspecified atom stereocenters. The number of rotatable bonds is 1. The Balaban J connectivity index is 2.35. The molecule has 1 heterocycles. The lowest BCUT2D eigenvalue weighted by atomic mass is 10.0. The van der Waals surface area contributed by atoms with Gasteiger partial charge in [0.25, 0.3) is 0 Å². The molecule has 16 heavy (non-hydrogen) atoms. The highest BCUT2D eigenvalue weighted by Gasteiger charge is 2.32. The van der Waals surface area contributed by atoms with Gasteiger partial charge in [-0.15, -0.1) is 0 Å². The largest absolute Gasteiger partial charge is 0.416 e. The van der Waals surface area contributed by atoms with Crippen LogP contribution in [0.25, 0.3) is 0 Å². The quantitative estimate of drug-likeness (QED) is 0.725. The molecular weight excluding hydrogens is 241 g/mol. The Bertz CT molecular complexity index is 383. The van der Waals surface area contributed by atoms with E-state index in [1.54, 1.807) is 0 Å². The monoisotopic (exact) mass is 250 g/mol. The van der Waals surface area contributed by atoms with Gasteiger partial charge in [-0.1, -0.05) is 11.6 Å². The summed E-state index contributed by atoms with van der Waals surface area (Å²) in [6.45, 7) is 0.596. The summed E-state index contributed by atoms with van der Waals surface area (Å²) in [7, 11) is 0. The molecule has 0 aliphatic carbocycles. The lowest BCUT2D eigenvalue weighted by Gasteiger charge is -2.13. The van der Waals surface area contributed by atoms with E-state index in [1.165, 1.54) is 6.07 Å². The summed E-state index contributed by atoms with van der Waals surface area (Å²) in [4.78, 5) is 0. The molecule has 0 aromatic heterocycles. The first-order valence-corrected chi connectivity index (χ1v) is 5.34. The molecule has 1 aliphatic heterocycles. The van der Waals surface area contributed by atoms with Crippen LogP contribution < -0.4 is 0 Å². The molecule has 1 atom stereocenters. The summed E-state index contributed by atoms with van der Waals surface area (Å²) in [6, 6.07) is 3.58. The fourth-order valence-electron chi connectivity index (χ4n) is 1.80. The van der Waals surface area contributed by atoms with Crippen LogP contribution in [-0.4, -0.2) is 6.61 Å². The van der Waals surface area contributed by atoms with Crippen LogP contribution in [0.4, 0.5) is 13.2 Å². The van der Waals surface area contributed by atoms with Crippen molar-refractivity contribution in [1.29, 1.82) is 0 Å². The number of hydrogen-bond acceptors (Lipinski definition) is 1. The van der Waals surface area contributed by atoms with E-state index >= 15 is 0 Å². The zero-order valence-electron chi connectivity index (χ0n) is 8.35. The Morgan fingerprint density at radius 3 is 2.56 bits per heavy atom. The fraction of sp³-hybridized carbons (Fsp3) is 0.455. The minimum Gasteiger partial charge on any atom is -0.374 e. The standard InChI is InChI=1S/C11H10ClF3O/c12-9-5-7(10-2-1-3-16-10)4-8(6-9)11(13,14)15/h4-6,10H,1-3H2. The van der Waals surface area contributed by atoms with E-state index in [0.29, 0.717) is 12.2 Å². The maximum atomic E-state index is 12.5. The Hall–Kier alpha value is -0.740. The van der Waals surface area contributed by atoms with Crippen molar-refractivity contribution < 1.29 is 17.9 Å². The van der Waals surface area contributed by atoms with Gasteiger partial charge < -0.3 is 4.74 Å². The van der Waals surface area contributed by atoms with Crippen molar-refractivity contribution in [2.24, 2.45) is 0 Å². The van der Waals surface area contributed by atoms with Crippen LogP contribution in [-0.2, 0) is 10.9 Å². The molecule has 0 saturated carbocycles. The predicted molar refractivity (Wildman–Crippen MR) is 54.4 cm³/mol. The van der Waals surface area contributed by atoms with Crippen LogP contribution in [0.2, 0.25) is 5.02 Å². The van der Waals surface area contributed by atoms with E-state index in [4.69, 9.17) is 16.3 Å². The van der Waals surface area contributed by atoms with Crippen LogP contribution >= 0.6 is 11.6 Å². The molecule has 1 aromatic rings. The maximum Gasteiger partial charge on any atom is 0.416 e. The van der Waals surface area contributed by atoms with Crippen molar-refractivity contribution in [2.75, 3.05) is 6.61 Å². The van der Waals surface area contributed by atoms with Crippen LogP contribution in [0.1, 0.15) is 30.1 Å². The molecular formula is C11H10ClF3O. The van der Waals surface area contributed by atoms with E-state index in [1.807, 2.05) is 0 Å². The SMILES string of the molecule is FC(F)(F)c1cc(Cl)cc(C2CCCO2)c1. The number of hydrogen-bond donors (Lipinski definition) is 0. The summed E-state index contributed by atoms with van der Waals surface area (Å²) >= 11 is 5.68. The predicted octanol–water partition coefficient (Wildman–Crippen LogP) is 4.21. The molecule has 1 fully saturated rings. The highest BCUT2D eigenvalue weighted by molar-refractivity contribution is 6.30. The molecule has 5 heteroatoms. The van der Waals surface area contributed by atoms with Crippen molar-refractivity contribution >= 4 is 11.6 Å². The third kappa shape index (κ3) is 2.50. The zero-order chi connectivity index (χ0) is 11.8. The first kappa shape index (κ1) is 11.7. The summed E-state index contributed by atoms with van der Waals surface area (Å²) in [5.74, 6) is 0. The summed E-state index contributed by atoms with van der Waals surface area (Å²) in [5.41, 5.74) is -0.206. The maximum absolute atomic E-state index is 12.5. The van der Waals surface area contributed by atoms with E-state index in [0.717, 1.165) is 25.0 Å². The van der Waals surface area contributed by atoms with Gasteiger partial charge in [0.15, 0.2) is 0 Å². The zero-order valence-corrected chi connectivity index (χ0v) is 9.11. The van der Waals surface area contributed by atoms with Crippen LogP contribution in [0.15, 0.2) is 18.2 Å². The molecule has 1 saturated heterocycles. The van der Waals surface area contributed by atoms with Crippen molar-refractivity contribution in [3.63, 3.8) is 0 Å². The Labute approximate surface area is 96.2 Å². The topological polar surface area (TPSA) is 9.23 Å². The molecule has 0 N–H and O–H groups in total. The molecule has 1 nitrogen and oxygen atoms in total. The highest BCUT2D eigenvalue weighted by atomic mass is 35.5. The van der Waals surface area contributed by atoms with E-state index in [2.05, 4.69) is 0 Å². The second kappa shape index (κ2) is 4.26. The summed E-state index contributed by atoms with van der Waals surface area (Å²) in [5, 5.41) is 0.0975. The average Bonchev–Trinajstić information content (AvgIpc) is 2.68. The van der Waals surface area contributed by atoms with Gasteiger partial charge in [-0.3, -0.25) is 0 Å². The van der Waals surface area contributed by atoms with Crippen molar-refractivity contribution in [3.05, 3.63) is 34.3 Å². The third-order valence-corrected chi connectivity index (χ3v) is 2.77. The van der Waals surface area contributed by atoms with E-state index in [9.17, 15) is 13.2 Å². The van der Waals surface area contributed by atoms with Gasteiger partial charge in [0.2, 0.25) is 0 Å². The molecule has 0 amide bonds. The third-order valence-electron chi connectivity index (χ3n) is 2.55. The van der Waals surface area contributed by atoms with E-state index in [-0.39, 0.29) is 11.1 Å². The second-order valence-electron chi connectivity index (χ2n) is 3.77. The Morgan fingerprint density at radius 2 is 2.00 bits per heavy atom. The molecule has 0 radical (unpaired) electrons. The molecule has 88 valence electrons. The van der Waals surface area contributed by atoms with Gasteiger partial charge in [-0.2, -0.15) is 13.2 Å². The number of ether oxygens (including phenoxy) is 1. The molecule has 1 aliphatic rings. The van der Waals surface area contributed by atoms with Crippen LogP contribution in [0.3, 0.4) is 0 Å². The fourth-order valence-corrected chi connectivity index (χ4v) is 2.05. The van der Waals surface area contributed by atoms with Crippen LogP contribution in [0.5, 0.6) is 0 Å². The average molecular weight is 251 g/mol. The van der Waals surface area contributed by atoms with Gasteiger partial charge in [0.05, 0.1) is 11.7 Å². The van der Waals surface area contributed by atoms with Crippen molar-refractivity contribution in [3.8, 4) is 0 Å². The first-order valence-electron chi connectivity index (χ1n) is 4.96. The minimum atomic E-state index is -4.36. The summed E-state index contributed by atoms with van der Waals surface area (Å²) < 4.78 is 42.9. The Kier molecular flexibility index (Phi) is 3.13. The van der Waals surface area contributed by atoms with Gasteiger partial charge >= 0.3 is 6.18 Å². The minimum absolute atomic E-state index is 0.0975. The van der Waals surface area contributed by atoms with Gasteiger partial charge in [0.1, 0.15) is 0 Å². The van der Waals surface area contributed by atoms with Crippen molar-refractivity contribution in [2.45, 2.75) is 25.1 Å².